The zero-order valence-electron chi connectivity index (χ0n) is 9.47. The van der Waals surface area contributed by atoms with Crippen LogP contribution in [0, 0.1) is 6.92 Å². The van der Waals surface area contributed by atoms with E-state index in [9.17, 15) is 9.59 Å². The molecular formula is C11H9N5O2. The molecule has 0 aliphatic carbocycles. The molecule has 0 aliphatic heterocycles. The quantitative estimate of drug-likeness (QED) is 0.633. The van der Waals surface area contributed by atoms with Gasteiger partial charge in [-0.15, -0.1) is 0 Å². The van der Waals surface area contributed by atoms with E-state index in [0.29, 0.717) is 16.6 Å². The molecule has 18 heavy (non-hydrogen) atoms. The van der Waals surface area contributed by atoms with Crippen molar-refractivity contribution in [1.82, 2.24) is 24.7 Å². The van der Waals surface area contributed by atoms with Crippen molar-refractivity contribution in [3.63, 3.8) is 0 Å². The van der Waals surface area contributed by atoms with Crippen LogP contribution in [0.5, 0.6) is 0 Å². The van der Waals surface area contributed by atoms with E-state index < -0.39 is 0 Å². The molecule has 7 nitrogen and oxygen atoms in total. The maximum absolute atomic E-state index is 12.2. The summed E-state index contributed by atoms with van der Waals surface area (Å²) in [4.78, 5) is 34.1. The van der Waals surface area contributed by atoms with Crippen molar-refractivity contribution < 1.29 is 0 Å². The third-order valence-electron chi connectivity index (χ3n) is 2.63. The number of nitrogens with one attached hydrogen (secondary N) is 2. The first-order valence-corrected chi connectivity index (χ1v) is 5.29. The number of hydrogen-bond donors (Lipinski definition) is 2. The summed E-state index contributed by atoms with van der Waals surface area (Å²) >= 11 is 0. The van der Waals surface area contributed by atoms with Crippen LogP contribution in [0.2, 0.25) is 0 Å². The minimum Gasteiger partial charge on any atom is -0.326 e. The van der Waals surface area contributed by atoms with Crippen molar-refractivity contribution in [3.05, 3.63) is 50.9 Å². The van der Waals surface area contributed by atoms with Gasteiger partial charge < -0.3 is 4.98 Å². The lowest BCUT2D eigenvalue weighted by Crippen LogP contribution is -2.17. The van der Waals surface area contributed by atoms with Gasteiger partial charge in [-0.1, -0.05) is 0 Å². The first-order chi connectivity index (χ1) is 8.66. The largest absolute Gasteiger partial charge is 0.326 e. The molecule has 0 amide bonds. The summed E-state index contributed by atoms with van der Waals surface area (Å²) < 4.78 is 1.21. The highest BCUT2D eigenvalue weighted by Gasteiger charge is 2.12. The molecule has 90 valence electrons. The van der Waals surface area contributed by atoms with Gasteiger partial charge in [-0.3, -0.25) is 14.7 Å². The van der Waals surface area contributed by atoms with E-state index in [-0.39, 0.29) is 17.1 Å². The molecule has 0 aromatic carbocycles. The van der Waals surface area contributed by atoms with Gasteiger partial charge in [0, 0.05) is 24.2 Å². The van der Waals surface area contributed by atoms with Gasteiger partial charge in [0.05, 0.1) is 10.9 Å². The maximum Gasteiger partial charge on any atom is 0.283 e. The Bertz CT molecular complexity index is 828. The first-order valence-electron chi connectivity index (χ1n) is 5.29. The molecule has 0 aliphatic rings. The Kier molecular flexibility index (Phi) is 2.12. The number of hydrogen-bond acceptors (Lipinski definition) is 4. The molecular weight excluding hydrogens is 234 g/mol. The molecule has 3 rings (SSSR count). The van der Waals surface area contributed by atoms with Crippen LogP contribution in [0.4, 0.5) is 0 Å². The summed E-state index contributed by atoms with van der Waals surface area (Å²) in [6.45, 7) is 1.68. The normalized spacial score (nSPS) is 10.9. The van der Waals surface area contributed by atoms with Gasteiger partial charge in [0.15, 0.2) is 0 Å². The molecule has 0 bridgehead atoms. The molecule has 0 radical (unpaired) electrons. The van der Waals surface area contributed by atoms with E-state index in [1.165, 1.54) is 23.1 Å². The molecule has 0 fully saturated rings. The van der Waals surface area contributed by atoms with E-state index in [4.69, 9.17) is 0 Å². The van der Waals surface area contributed by atoms with E-state index >= 15 is 0 Å². The topological polar surface area (TPSA) is 96.4 Å². The van der Waals surface area contributed by atoms with Crippen LogP contribution in [0.15, 0.2) is 34.1 Å². The van der Waals surface area contributed by atoms with Crippen LogP contribution >= 0.6 is 0 Å². The lowest BCUT2D eigenvalue weighted by atomic mass is 10.2. The van der Waals surface area contributed by atoms with Crippen LogP contribution < -0.4 is 11.1 Å². The zero-order chi connectivity index (χ0) is 12.7. The van der Waals surface area contributed by atoms with Gasteiger partial charge in [0.25, 0.3) is 11.5 Å². The number of H-pyrrole nitrogens is 2. The van der Waals surface area contributed by atoms with E-state index in [1.807, 2.05) is 0 Å². The van der Waals surface area contributed by atoms with Gasteiger partial charge >= 0.3 is 0 Å². The van der Waals surface area contributed by atoms with E-state index in [0.717, 1.165) is 0 Å². The number of aromatic amines is 2. The van der Waals surface area contributed by atoms with Crippen LogP contribution in [0.25, 0.3) is 16.9 Å². The zero-order valence-corrected chi connectivity index (χ0v) is 9.47. The minimum absolute atomic E-state index is 0.241. The third kappa shape index (κ3) is 1.45. The van der Waals surface area contributed by atoms with Crippen molar-refractivity contribution in [2.24, 2.45) is 0 Å². The van der Waals surface area contributed by atoms with Crippen molar-refractivity contribution in [3.8, 4) is 5.95 Å². The number of nitrogens with zero attached hydrogens (tertiary/aromatic N) is 3. The Balaban J connectivity index is 2.41. The highest BCUT2D eigenvalue weighted by molar-refractivity contribution is 5.80. The molecule has 7 heteroatoms. The monoisotopic (exact) mass is 243 g/mol. The second-order valence-electron chi connectivity index (χ2n) is 3.85. The van der Waals surface area contributed by atoms with Gasteiger partial charge in [-0.25, -0.2) is 9.97 Å². The van der Waals surface area contributed by atoms with Crippen LogP contribution in [-0.2, 0) is 0 Å². The van der Waals surface area contributed by atoms with Crippen molar-refractivity contribution >= 4 is 10.9 Å². The molecule has 3 aromatic heterocycles. The number of aryl methyl sites for hydroxylation is 1. The number of pyridine rings is 1. The van der Waals surface area contributed by atoms with Gasteiger partial charge in [0.1, 0.15) is 0 Å². The number of aromatic nitrogens is 5. The fraction of sp³-hybridized carbons (Fsp3) is 0.0909. The van der Waals surface area contributed by atoms with Gasteiger partial charge in [0.2, 0.25) is 5.56 Å². The fourth-order valence-corrected chi connectivity index (χ4v) is 1.88. The second-order valence-corrected chi connectivity index (χ2v) is 3.85. The molecule has 2 N–H and O–H groups in total. The Morgan fingerprint density at radius 3 is 2.67 bits per heavy atom. The van der Waals surface area contributed by atoms with E-state index in [1.54, 1.807) is 13.0 Å². The molecule has 0 saturated heterocycles. The molecule has 3 aromatic rings. The molecule has 3 heterocycles. The molecule has 0 saturated carbocycles. The van der Waals surface area contributed by atoms with Crippen molar-refractivity contribution in [2.75, 3.05) is 0 Å². The molecule has 0 unspecified atom stereocenters. The highest BCUT2D eigenvalue weighted by atomic mass is 16.1. The average molecular weight is 243 g/mol. The fourth-order valence-electron chi connectivity index (χ4n) is 1.88. The lowest BCUT2D eigenvalue weighted by Gasteiger charge is -1.96. The summed E-state index contributed by atoms with van der Waals surface area (Å²) in [6, 6.07) is 3.00. The molecule has 0 spiro atoms. The van der Waals surface area contributed by atoms with Crippen LogP contribution in [0.1, 0.15) is 5.69 Å². The van der Waals surface area contributed by atoms with Crippen LogP contribution in [0.3, 0.4) is 0 Å². The minimum atomic E-state index is -0.287. The van der Waals surface area contributed by atoms with Gasteiger partial charge in [-0.05, 0) is 13.0 Å². The SMILES string of the molecule is Cc1[nH]c(=O)cc2[nH]n(-c3ncccn3)c(=O)c12. The number of rotatable bonds is 1. The Morgan fingerprint density at radius 1 is 1.22 bits per heavy atom. The predicted molar refractivity (Wildman–Crippen MR) is 64.8 cm³/mol. The maximum atomic E-state index is 12.2. The second kappa shape index (κ2) is 3.66. The summed E-state index contributed by atoms with van der Waals surface area (Å²) in [7, 11) is 0. The highest BCUT2D eigenvalue weighted by Crippen LogP contribution is 2.08. The van der Waals surface area contributed by atoms with Crippen LogP contribution in [-0.4, -0.2) is 24.7 Å². The average Bonchev–Trinajstić information content (AvgIpc) is 2.67. The standard InChI is InChI=1S/C11H9N5O2/c1-6-9-7(5-8(17)14-6)15-16(10(9)18)11-12-3-2-4-13-11/h2-5,15H,1H3,(H,14,17). The number of fused-ring (bicyclic) bond motifs is 1. The van der Waals surface area contributed by atoms with Gasteiger partial charge in [-0.2, -0.15) is 4.68 Å². The Morgan fingerprint density at radius 2 is 1.94 bits per heavy atom. The summed E-state index contributed by atoms with van der Waals surface area (Å²) in [6.07, 6.45) is 3.08. The summed E-state index contributed by atoms with van der Waals surface area (Å²) in [5.41, 5.74) is 0.439. The molecule has 0 atom stereocenters. The predicted octanol–water partition coefficient (Wildman–Crippen LogP) is 0.106. The summed E-state index contributed by atoms with van der Waals surface area (Å²) in [5.74, 6) is 0.241. The smallest absolute Gasteiger partial charge is 0.283 e. The first kappa shape index (κ1) is 10.5. The van der Waals surface area contributed by atoms with Crippen molar-refractivity contribution in [1.29, 1.82) is 0 Å². The Hall–Kier alpha value is -2.70. The van der Waals surface area contributed by atoms with E-state index in [2.05, 4.69) is 20.1 Å². The Labute approximate surface area is 100 Å². The van der Waals surface area contributed by atoms with Crippen molar-refractivity contribution in [2.45, 2.75) is 6.92 Å². The lowest BCUT2D eigenvalue weighted by molar-refractivity contribution is 0.793. The third-order valence-corrected chi connectivity index (χ3v) is 2.63. The summed E-state index contributed by atoms with van der Waals surface area (Å²) in [5, 5.41) is 3.25.